The molecule has 3 unspecified atom stereocenters. The van der Waals surface area contributed by atoms with E-state index in [9.17, 15) is 0 Å². The molecule has 2 rings (SSSR count). The van der Waals surface area contributed by atoms with Gasteiger partial charge >= 0.3 is 0 Å². The Hall–Kier alpha value is -0.0800. The summed E-state index contributed by atoms with van der Waals surface area (Å²) >= 11 is 0. The highest BCUT2D eigenvalue weighted by molar-refractivity contribution is 5.11. The SMILES string of the molecule is CC(C)CNCCCCCOC1CC2CCC1(C)C2(C)C. The number of unbranched alkanes of at least 4 members (excludes halogenated alkanes) is 2. The number of rotatable bonds is 9. The average molecular weight is 296 g/mol. The molecule has 1 N–H and O–H groups in total. The zero-order valence-electron chi connectivity index (χ0n) is 15.0. The van der Waals surface area contributed by atoms with E-state index in [1.165, 1.54) is 38.5 Å². The second kappa shape index (κ2) is 7.00. The molecular weight excluding hydrogens is 258 g/mol. The van der Waals surface area contributed by atoms with Crippen LogP contribution in [0.3, 0.4) is 0 Å². The molecule has 2 nitrogen and oxygen atoms in total. The van der Waals surface area contributed by atoms with Gasteiger partial charge in [0.2, 0.25) is 0 Å². The molecule has 2 aliphatic carbocycles. The first kappa shape index (κ1) is 17.3. The first-order valence-electron chi connectivity index (χ1n) is 9.20. The Bertz CT molecular complexity index is 326. The van der Waals surface area contributed by atoms with Gasteiger partial charge in [-0.05, 0) is 74.3 Å². The fraction of sp³-hybridized carbons (Fsp3) is 1.00. The molecule has 21 heavy (non-hydrogen) atoms. The lowest BCUT2D eigenvalue weighted by molar-refractivity contribution is -0.0475. The summed E-state index contributed by atoms with van der Waals surface area (Å²) < 4.78 is 6.30. The van der Waals surface area contributed by atoms with Crippen molar-refractivity contribution in [1.82, 2.24) is 5.32 Å². The largest absolute Gasteiger partial charge is 0.378 e. The van der Waals surface area contributed by atoms with Crippen molar-refractivity contribution in [1.29, 1.82) is 0 Å². The molecule has 2 bridgehead atoms. The van der Waals surface area contributed by atoms with Crippen LogP contribution in [0.25, 0.3) is 0 Å². The van der Waals surface area contributed by atoms with Crippen LogP contribution in [-0.2, 0) is 4.74 Å². The Labute approximate surface area is 132 Å². The quantitative estimate of drug-likeness (QED) is 0.626. The van der Waals surface area contributed by atoms with E-state index in [0.717, 1.165) is 31.5 Å². The van der Waals surface area contributed by atoms with Crippen molar-refractivity contribution in [3.05, 3.63) is 0 Å². The summed E-state index contributed by atoms with van der Waals surface area (Å²) in [5, 5.41) is 3.51. The minimum atomic E-state index is 0.427. The molecule has 2 aliphatic rings. The molecule has 0 saturated heterocycles. The van der Waals surface area contributed by atoms with E-state index in [0.29, 0.717) is 16.9 Å². The molecule has 2 fully saturated rings. The highest BCUT2D eigenvalue weighted by atomic mass is 16.5. The Balaban J connectivity index is 1.56. The van der Waals surface area contributed by atoms with E-state index in [-0.39, 0.29) is 0 Å². The van der Waals surface area contributed by atoms with Crippen LogP contribution in [0, 0.1) is 22.7 Å². The zero-order chi connectivity index (χ0) is 15.5. The van der Waals surface area contributed by atoms with E-state index in [1.807, 2.05) is 0 Å². The predicted octanol–water partition coefficient (Wildman–Crippen LogP) is 4.63. The van der Waals surface area contributed by atoms with Crippen molar-refractivity contribution >= 4 is 0 Å². The summed E-state index contributed by atoms with van der Waals surface area (Å²) in [4.78, 5) is 0. The molecule has 0 aromatic carbocycles. The van der Waals surface area contributed by atoms with Crippen LogP contribution >= 0.6 is 0 Å². The van der Waals surface area contributed by atoms with Gasteiger partial charge in [-0.3, -0.25) is 0 Å². The van der Waals surface area contributed by atoms with Gasteiger partial charge in [0.25, 0.3) is 0 Å². The van der Waals surface area contributed by atoms with Gasteiger partial charge in [-0.1, -0.05) is 34.6 Å². The smallest absolute Gasteiger partial charge is 0.0636 e. The molecule has 0 aromatic rings. The fourth-order valence-corrected chi connectivity index (χ4v) is 4.53. The third kappa shape index (κ3) is 3.64. The summed E-state index contributed by atoms with van der Waals surface area (Å²) in [7, 11) is 0. The first-order chi connectivity index (χ1) is 9.88. The van der Waals surface area contributed by atoms with Crippen LogP contribution in [0.4, 0.5) is 0 Å². The molecule has 0 heterocycles. The van der Waals surface area contributed by atoms with Crippen LogP contribution in [0.2, 0.25) is 0 Å². The van der Waals surface area contributed by atoms with Crippen molar-refractivity contribution < 1.29 is 4.74 Å². The van der Waals surface area contributed by atoms with Crippen LogP contribution in [-0.4, -0.2) is 25.8 Å². The second-order valence-electron chi connectivity index (χ2n) is 8.63. The van der Waals surface area contributed by atoms with Gasteiger partial charge in [-0.15, -0.1) is 0 Å². The molecule has 0 aromatic heterocycles. The van der Waals surface area contributed by atoms with Crippen LogP contribution in [0.1, 0.15) is 73.1 Å². The Morgan fingerprint density at radius 2 is 1.90 bits per heavy atom. The number of fused-ring (bicyclic) bond motifs is 2. The normalized spacial score (nSPS) is 34.0. The van der Waals surface area contributed by atoms with Crippen LogP contribution in [0.5, 0.6) is 0 Å². The lowest BCUT2D eigenvalue weighted by Crippen LogP contribution is -2.37. The molecule has 124 valence electrons. The Morgan fingerprint density at radius 1 is 1.14 bits per heavy atom. The van der Waals surface area contributed by atoms with Gasteiger partial charge < -0.3 is 10.1 Å². The van der Waals surface area contributed by atoms with Crippen molar-refractivity contribution in [2.45, 2.75) is 79.2 Å². The molecule has 2 heteroatoms. The predicted molar refractivity (Wildman–Crippen MR) is 90.5 cm³/mol. The summed E-state index contributed by atoms with van der Waals surface area (Å²) in [5.41, 5.74) is 0.912. The molecule has 0 radical (unpaired) electrons. The van der Waals surface area contributed by atoms with Crippen molar-refractivity contribution in [2.24, 2.45) is 22.7 Å². The Kier molecular flexibility index (Phi) is 5.76. The molecule has 0 amide bonds. The van der Waals surface area contributed by atoms with E-state index >= 15 is 0 Å². The van der Waals surface area contributed by atoms with Crippen LogP contribution < -0.4 is 5.32 Å². The number of hydrogen-bond donors (Lipinski definition) is 1. The maximum Gasteiger partial charge on any atom is 0.0636 e. The average Bonchev–Trinajstić information content (AvgIpc) is 2.74. The molecule has 3 atom stereocenters. The highest BCUT2D eigenvalue weighted by Gasteiger charge is 2.61. The molecular formula is C19H37NO. The minimum absolute atomic E-state index is 0.427. The van der Waals surface area contributed by atoms with Gasteiger partial charge in [0.15, 0.2) is 0 Å². The van der Waals surface area contributed by atoms with Gasteiger partial charge in [0, 0.05) is 6.61 Å². The van der Waals surface area contributed by atoms with E-state index in [4.69, 9.17) is 4.74 Å². The fourth-order valence-electron chi connectivity index (χ4n) is 4.53. The zero-order valence-corrected chi connectivity index (χ0v) is 15.0. The third-order valence-corrected chi connectivity index (χ3v) is 6.58. The van der Waals surface area contributed by atoms with Gasteiger partial charge in [-0.2, -0.15) is 0 Å². The number of ether oxygens (including phenoxy) is 1. The lowest BCUT2D eigenvalue weighted by atomic mass is 9.70. The summed E-state index contributed by atoms with van der Waals surface area (Å²) in [6.45, 7) is 15.2. The standard InChI is InChI=1S/C19H37NO/c1-15(2)14-20-11-7-6-8-12-21-17-13-16-9-10-19(17,5)18(16,3)4/h15-17,20H,6-14H2,1-5H3. The van der Waals surface area contributed by atoms with E-state index in [1.54, 1.807) is 0 Å². The van der Waals surface area contributed by atoms with E-state index < -0.39 is 0 Å². The third-order valence-electron chi connectivity index (χ3n) is 6.58. The summed E-state index contributed by atoms with van der Waals surface area (Å²) in [6.07, 6.45) is 8.41. The number of nitrogens with one attached hydrogen (secondary N) is 1. The monoisotopic (exact) mass is 295 g/mol. The maximum atomic E-state index is 6.30. The maximum absolute atomic E-state index is 6.30. The summed E-state index contributed by atoms with van der Waals surface area (Å²) in [6, 6.07) is 0. The van der Waals surface area contributed by atoms with Crippen molar-refractivity contribution in [3.63, 3.8) is 0 Å². The van der Waals surface area contributed by atoms with Gasteiger partial charge in [-0.25, -0.2) is 0 Å². The van der Waals surface area contributed by atoms with E-state index in [2.05, 4.69) is 39.9 Å². The van der Waals surface area contributed by atoms with Gasteiger partial charge in [0.05, 0.1) is 6.10 Å². The second-order valence-corrected chi connectivity index (χ2v) is 8.63. The topological polar surface area (TPSA) is 21.3 Å². The highest BCUT2D eigenvalue weighted by Crippen LogP contribution is 2.66. The van der Waals surface area contributed by atoms with Crippen LogP contribution in [0.15, 0.2) is 0 Å². The van der Waals surface area contributed by atoms with Crippen molar-refractivity contribution in [3.8, 4) is 0 Å². The molecule has 0 aliphatic heterocycles. The summed E-state index contributed by atoms with van der Waals surface area (Å²) in [5.74, 6) is 1.66. The number of hydrogen-bond acceptors (Lipinski definition) is 2. The molecule has 2 saturated carbocycles. The minimum Gasteiger partial charge on any atom is -0.378 e. The molecule has 0 spiro atoms. The first-order valence-corrected chi connectivity index (χ1v) is 9.20. The Morgan fingerprint density at radius 3 is 2.48 bits per heavy atom. The lowest BCUT2D eigenvalue weighted by Gasteiger charge is -2.39. The van der Waals surface area contributed by atoms with Gasteiger partial charge in [0.1, 0.15) is 0 Å². The van der Waals surface area contributed by atoms with Crippen molar-refractivity contribution in [2.75, 3.05) is 19.7 Å².